The van der Waals surface area contributed by atoms with Gasteiger partial charge in [-0.3, -0.25) is 0 Å². The summed E-state index contributed by atoms with van der Waals surface area (Å²) < 4.78 is 0. The van der Waals surface area contributed by atoms with Crippen molar-refractivity contribution in [2.75, 3.05) is 0 Å². The lowest BCUT2D eigenvalue weighted by Gasteiger charge is -2.19. The van der Waals surface area contributed by atoms with Gasteiger partial charge in [-0.2, -0.15) is 5.26 Å². The molecule has 0 spiro atoms. The first kappa shape index (κ1) is 7.73. The molecule has 0 N–H and O–H groups in total. The molecule has 4 heteroatoms. The number of carbonyl (C=O) groups excluding carboxylic acids is 1. The van der Waals surface area contributed by atoms with Crippen LogP contribution < -0.4 is 0 Å². The van der Waals surface area contributed by atoms with Crippen LogP contribution in [-0.2, 0) is 9.63 Å². The minimum absolute atomic E-state index is 0.130. The van der Waals surface area contributed by atoms with Crippen molar-refractivity contribution in [3.8, 4) is 6.07 Å². The summed E-state index contributed by atoms with van der Waals surface area (Å²) in [6.07, 6.45) is 1.60. The monoisotopic (exact) mass is 152 g/mol. The highest BCUT2D eigenvalue weighted by Gasteiger charge is 2.26. The van der Waals surface area contributed by atoms with E-state index in [0.29, 0.717) is 5.71 Å². The Bertz CT molecular complexity index is 239. The van der Waals surface area contributed by atoms with Crippen molar-refractivity contribution in [3.63, 3.8) is 0 Å². The summed E-state index contributed by atoms with van der Waals surface area (Å²) in [6.45, 7) is 1.28. The smallest absolute Gasteiger partial charge is 0.319 e. The molecule has 1 aliphatic rings. The van der Waals surface area contributed by atoms with Crippen LogP contribution in [0.5, 0.6) is 0 Å². The molecule has 1 fully saturated rings. The summed E-state index contributed by atoms with van der Waals surface area (Å²) >= 11 is 0. The molecule has 11 heavy (non-hydrogen) atoms. The van der Waals surface area contributed by atoms with E-state index in [1.165, 1.54) is 6.92 Å². The van der Waals surface area contributed by atoms with Gasteiger partial charge in [0.15, 0.2) is 0 Å². The molecule has 0 radical (unpaired) electrons. The molecule has 1 aliphatic carbocycles. The maximum absolute atomic E-state index is 10.3. The summed E-state index contributed by atoms with van der Waals surface area (Å²) in [5, 5.41) is 12.0. The lowest BCUT2D eigenvalue weighted by molar-refractivity contribution is -0.141. The summed E-state index contributed by atoms with van der Waals surface area (Å²) in [7, 11) is 0. The molecule has 0 bridgehead atoms. The maximum atomic E-state index is 10.3. The Morgan fingerprint density at radius 3 is 3.00 bits per heavy atom. The summed E-state index contributed by atoms with van der Waals surface area (Å²) in [5.74, 6) is -0.574. The van der Waals surface area contributed by atoms with Crippen molar-refractivity contribution in [2.24, 2.45) is 11.1 Å². The number of rotatable bonds is 1. The molecule has 0 amide bonds. The van der Waals surface area contributed by atoms with Gasteiger partial charge in [-0.25, -0.2) is 4.79 Å². The van der Waals surface area contributed by atoms with Gasteiger partial charge >= 0.3 is 5.97 Å². The van der Waals surface area contributed by atoms with E-state index in [9.17, 15) is 4.79 Å². The van der Waals surface area contributed by atoms with Crippen LogP contribution in [0.4, 0.5) is 0 Å². The van der Waals surface area contributed by atoms with Crippen LogP contribution in [0.25, 0.3) is 0 Å². The van der Waals surface area contributed by atoms with Crippen LogP contribution in [0.2, 0.25) is 0 Å². The molecule has 0 aromatic rings. The average Bonchev–Trinajstić information content (AvgIpc) is 1.86. The molecule has 1 atom stereocenters. The van der Waals surface area contributed by atoms with E-state index in [1.807, 2.05) is 0 Å². The maximum Gasteiger partial charge on any atom is 0.331 e. The Labute approximate surface area is 64.4 Å². The fraction of sp³-hybridized carbons (Fsp3) is 0.571. The van der Waals surface area contributed by atoms with E-state index >= 15 is 0 Å². The molecule has 0 heterocycles. The Morgan fingerprint density at radius 1 is 1.91 bits per heavy atom. The average molecular weight is 152 g/mol. The van der Waals surface area contributed by atoms with Crippen molar-refractivity contribution >= 4 is 11.7 Å². The van der Waals surface area contributed by atoms with Gasteiger partial charge in [0.2, 0.25) is 0 Å². The second kappa shape index (κ2) is 3.15. The Morgan fingerprint density at radius 2 is 2.64 bits per heavy atom. The third-order valence-electron chi connectivity index (χ3n) is 1.54. The van der Waals surface area contributed by atoms with Crippen LogP contribution in [0.3, 0.4) is 0 Å². The largest absolute Gasteiger partial charge is 0.331 e. The highest BCUT2D eigenvalue weighted by Crippen LogP contribution is 2.22. The Hall–Kier alpha value is -1.37. The second-order valence-corrected chi connectivity index (χ2v) is 2.39. The fourth-order valence-electron chi connectivity index (χ4n) is 0.789. The van der Waals surface area contributed by atoms with E-state index in [0.717, 1.165) is 12.8 Å². The van der Waals surface area contributed by atoms with Gasteiger partial charge in [0.05, 0.1) is 17.7 Å². The van der Waals surface area contributed by atoms with E-state index in [4.69, 9.17) is 5.26 Å². The first-order valence-electron chi connectivity index (χ1n) is 3.38. The molecular formula is C7H8N2O2. The second-order valence-electron chi connectivity index (χ2n) is 2.39. The van der Waals surface area contributed by atoms with Crippen molar-refractivity contribution in [3.05, 3.63) is 0 Å². The minimum atomic E-state index is -0.443. The van der Waals surface area contributed by atoms with Gasteiger partial charge in [0.1, 0.15) is 0 Å². The summed E-state index contributed by atoms with van der Waals surface area (Å²) in [6, 6.07) is 2.05. The van der Waals surface area contributed by atoms with Gasteiger partial charge in [-0.05, 0) is 12.8 Å². The predicted molar refractivity (Wildman–Crippen MR) is 37.5 cm³/mol. The highest BCUT2D eigenvalue weighted by molar-refractivity contribution is 5.93. The van der Waals surface area contributed by atoms with Crippen molar-refractivity contribution in [1.29, 1.82) is 5.26 Å². The standard InChI is InChI=1S/C7H8N2O2/c1-5(10)11-9-7-3-2-6(7)4-8/h6H,2-3H2,1H3/b9-7-. The number of hydrogen-bond donors (Lipinski definition) is 0. The van der Waals surface area contributed by atoms with Crippen LogP contribution in [0, 0.1) is 17.2 Å². The number of nitriles is 1. The van der Waals surface area contributed by atoms with Crippen LogP contribution in [0.1, 0.15) is 19.8 Å². The zero-order chi connectivity index (χ0) is 8.27. The van der Waals surface area contributed by atoms with Crippen LogP contribution >= 0.6 is 0 Å². The molecule has 1 saturated carbocycles. The van der Waals surface area contributed by atoms with E-state index < -0.39 is 5.97 Å². The van der Waals surface area contributed by atoms with Crippen molar-refractivity contribution in [1.82, 2.24) is 0 Å². The number of nitrogens with zero attached hydrogens (tertiary/aromatic N) is 2. The summed E-state index contributed by atoms with van der Waals surface area (Å²) in [5.41, 5.74) is 0.683. The van der Waals surface area contributed by atoms with Crippen molar-refractivity contribution in [2.45, 2.75) is 19.8 Å². The molecule has 0 aromatic heterocycles. The summed E-state index contributed by atoms with van der Waals surface area (Å²) in [4.78, 5) is 14.6. The first-order valence-corrected chi connectivity index (χ1v) is 3.38. The zero-order valence-corrected chi connectivity index (χ0v) is 6.20. The predicted octanol–water partition coefficient (Wildman–Crippen LogP) is 0.839. The minimum Gasteiger partial charge on any atom is -0.319 e. The number of hydrogen-bond acceptors (Lipinski definition) is 4. The molecule has 0 aromatic carbocycles. The molecule has 0 saturated heterocycles. The zero-order valence-electron chi connectivity index (χ0n) is 6.20. The van der Waals surface area contributed by atoms with E-state index in [1.54, 1.807) is 0 Å². The molecular weight excluding hydrogens is 144 g/mol. The van der Waals surface area contributed by atoms with Gasteiger partial charge in [0, 0.05) is 6.92 Å². The van der Waals surface area contributed by atoms with Gasteiger partial charge in [-0.15, -0.1) is 0 Å². The molecule has 0 aliphatic heterocycles. The fourth-order valence-corrected chi connectivity index (χ4v) is 0.789. The molecule has 58 valence electrons. The molecule has 4 nitrogen and oxygen atoms in total. The van der Waals surface area contributed by atoms with Crippen molar-refractivity contribution < 1.29 is 9.63 Å². The van der Waals surface area contributed by atoms with E-state index in [-0.39, 0.29) is 5.92 Å². The Kier molecular flexibility index (Phi) is 2.21. The third-order valence-corrected chi connectivity index (χ3v) is 1.54. The van der Waals surface area contributed by atoms with Gasteiger partial charge < -0.3 is 4.84 Å². The topological polar surface area (TPSA) is 62.4 Å². The lowest BCUT2D eigenvalue weighted by atomic mass is 9.84. The first-order chi connectivity index (χ1) is 5.24. The van der Waals surface area contributed by atoms with Gasteiger partial charge in [0.25, 0.3) is 0 Å². The van der Waals surface area contributed by atoms with E-state index in [2.05, 4.69) is 16.1 Å². The number of oxime groups is 1. The molecule has 1 rings (SSSR count). The number of carbonyl (C=O) groups is 1. The van der Waals surface area contributed by atoms with Gasteiger partial charge in [-0.1, -0.05) is 5.16 Å². The van der Waals surface area contributed by atoms with Crippen LogP contribution in [-0.4, -0.2) is 11.7 Å². The molecule has 1 unspecified atom stereocenters. The third kappa shape index (κ3) is 1.77. The lowest BCUT2D eigenvalue weighted by Crippen LogP contribution is -2.24. The highest BCUT2D eigenvalue weighted by atomic mass is 16.7. The SMILES string of the molecule is CC(=O)O/N=C1/CCC1C#N. The Balaban J connectivity index is 2.43. The normalized spacial score (nSPS) is 25.5. The van der Waals surface area contributed by atoms with Crippen LogP contribution in [0.15, 0.2) is 5.16 Å². The quantitative estimate of drug-likeness (QED) is 0.413.